The van der Waals surface area contributed by atoms with Crippen molar-refractivity contribution in [2.75, 3.05) is 31.2 Å². The fourth-order valence-corrected chi connectivity index (χ4v) is 4.82. The first-order chi connectivity index (χ1) is 15.7. The summed E-state index contributed by atoms with van der Waals surface area (Å²) in [6.07, 6.45) is 3.32. The average molecular weight is 556 g/mol. The standard InChI is InChI=1S/C12H12Cl2N4O3S.C6H9ClN2OS/c1-7-4-9(13)16-11(10(7)18(20)21)17(2-3-19)6-8-5-15-12(14)22-8;7-6-9-4-5(11-6)3-8-1-2-10/h4-5,19H,2-3,6H2,1H3;4,8,10H,1-3H2. The molecule has 0 aliphatic heterocycles. The predicted molar refractivity (Wildman–Crippen MR) is 132 cm³/mol. The number of halogens is 3. The number of thiazole rings is 2. The van der Waals surface area contributed by atoms with Gasteiger partial charge in [0.15, 0.2) is 8.93 Å². The Morgan fingerprint density at radius 2 is 1.76 bits per heavy atom. The lowest BCUT2D eigenvalue weighted by molar-refractivity contribution is -0.384. The summed E-state index contributed by atoms with van der Waals surface area (Å²) in [6.45, 7) is 3.36. The van der Waals surface area contributed by atoms with Crippen LogP contribution in [0.3, 0.4) is 0 Å². The molecule has 0 aliphatic carbocycles. The van der Waals surface area contributed by atoms with Crippen molar-refractivity contribution >= 4 is 69.0 Å². The summed E-state index contributed by atoms with van der Waals surface area (Å²) in [5.74, 6) is 0.119. The lowest BCUT2D eigenvalue weighted by atomic mass is 10.2. The van der Waals surface area contributed by atoms with Crippen LogP contribution in [0.5, 0.6) is 0 Å². The summed E-state index contributed by atoms with van der Waals surface area (Å²) in [6, 6.07) is 1.43. The van der Waals surface area contributed by atoms with Gasteiger partial charge in [-0.05, 0) is 13.0 Å². The maximum Gasteiger partial charge on any atom is 0.314 e. The first-order valence-corrected chi connectivity index (χ1v) is 12.2. The summed E-state index contributed by atoms with van der Waals surface area (Å²) < 4.78 is 0.939. The summed E-state index contributed by atoms with van der Waals surface area (Å²) in [5, 5.41) is 32.2. The number of nitrogens with zero attached hydrogens (tertiary/aromatic N) is 5. The van der Waals surface area contributed by atoms with Gasteiger partial charge < -0.3 is 20.4 Å². The van der Waals surface area contributed by atoms with E-state index in [2.05, 4.69) is 20.3 Å². The van der Waals surface area contributed by atoms with Gasteiger partial charge in [0.1, 0.15) is 5.15 Å². The van der Waals surface area contributed by atoms with E-state index in [0.29, 0.717) is 27.6 Å². The van der Waals surface area contributed by atoms with Crippen molar-refractivity contribution in [3.63, 3.8) is 0 Å². The van der Waals surface area contributed by atoms with Crippen molar-refractivity contribution < 1.29 is 15.1 Å². The van der Waals surface area contributed by atoms with Gasteiger partial charge in [0.25, 0.3) is 0 Å². The molecule has 0 radical (unpaired) electrons. The van der Waals surface area contributed by atoms with Gasteiger partial charge in [-0.1, -0.05) is 34.8 Å². The van der Waals surface area contributed by atoms with Gasteiger partial charge in [-0.25, -0.2) is 15.0 Å². The van der Waals surface area contributed by atoms with Crippen molar-refractivity contribution in [1.82, 2.24) is 20.3 Å². The molecule has 33 heavy (non-hydrogen) atoms. The zero-order valence-electron chi connectivity index (χ0n) is 17.4. The van der Waals surface area contributed by atoms with Gasteiger partial charge in [0.05, 0.1) is 24.7 Å². The molecule has 0 saturated heterocycles. The molecule has 3 heterocycles. The molecule has 0 amide bonds. The number of aliphatic hydroxyl groups excluding tert-OH is 2. The Kier molecular flexibility index (Phi) is 11.6. The number of aryl methyl sites for hydroxylation is 1. The quantitative estimate of drug-likeness (QED) is 0.147. The zero-order chi connectivity index (χ0) is 24.4. The van der Waals surface area contributed by atoms with Crippen LogP contribution in [0.2, 0.25) is 14.1 Å². The molecule has 3 N–H and O–H groups in total. The van der Waals surface area contributed by atoms with Gasteiger partial charge in [0.2, 0.25) is 5.82 Å². The first kappa shape index (κ1) is 27.6. The molecule has 0 unspecified atom stereocenters. The summed E-state index contributed by atoms with van der Waals surface area (Å²) >= 11 is 20.0. The number of aromatic nitrogens is 3. The van der Waals surface area contributed by atoms with E-state index in [1.807, 2.05) is 0 Å². The van der Waals surface area contributed by atoms with E-state index in [4.69, 9.17) is 39.9 Å². The van der Waals surface area contributed by atoms with Gasteiger partial charge in [-0.3, -0.25) is 10.1 Å². The third-order valence-corrected chi connectivity index (χ3v) is 6.38. The Hall–Kier alpha value is -1.64. The SMILES string of the molecule is Cc1cc(Cl)nc(N(CCO)Cc2cnc(Cl)s2)c1[N+](=O)[O-].OCCNCc1cnc(Cl)s1. The monoisotopic (exact) mass is 554 g/mol. The minimum Gasteiger partial charge on any atom is -0.395 e. The van der Waals surface area contributed by atoms with Gasteiger partial charge in [0, 0.05) is 47.3 Å². The van der Waals surface area contributed by atoms with E-state index < -0.39 is 4.92 Å². The van der Waals surface area contributed by atoms with Gasteiger partial charge in [-0.15, -0.1) is 22.7 Å². The Morgan fingerprint density at radius 1 is 1.12 bits per heavy atom. The van der Waals surface area contributed by atoms with Crippen LogP contribution in [0.15, 0.2) is 18.5 Å². The molecule has 3 aromatic heterocycles. The Bertz CT molecular complexity index is 1050. The second-order valence-corrected chi connectivity index (χ2v) is 10.2. The van der Waals surface area contributed by atoms with Crippen LogP contribution in [-0.4, -0.2) is 56.4 Å². The van der Waals surface area contributed by atoms with E-state index in [-0.39, 0.29) is 36.4 Å². The number of anilines is 1. The third kappa shape index (κ3) is 8.91. The number of aliphatic hydroxyl groups is 2. The minimum atomic E-state index is -0.502. The molecule has 10 nitrogen and oxygen atoms in total. The molecule has 0 aromatic carbocycles. The smallest absolute Gasteiger partial charge is 0.314 e. The van der Waals surface area contributed by atoms with Crippen LogP contribution in [-0.2, 0) is 13.1 Å². The van der Waals surface area contributed by atoms with Crippen LogP contribution in [0.1, 0.15) is 15.3 Å². The lowest BCUT2D eigenvalue weighted by Gasteiger charge is -2.22. The largest absolute Gasteiger partial charge is 0.395 e. The highest BCUT2D eigenvalue weighted by atomic mass is 35.5. The highest BCUT2D eigenvalue weighted by Crippen LogP contribution is 2.33. The number of rotatable bonds is 10. The van der Waals surface area contributed by atoms with E-state index >= 15 is 0 Å². The van der Waals surface area contributed by atoms with Crippen molar-refractivity contribution in [2.24, 2.45) is 0 Å². The van der Waals surface area contributed by atoms with Crippen LogP contribution in [0, 0.1) is 17.0 Å². The number of hydrogen-bond donors (Lipinski definition) is 3. The molecule has 0 bridgehead atoms. The fraction of sp³-hybridized carbons (Fsp3) is 0.389. The third-order valence-electron chi connectivity index (χ3n) is 3.97. The minimum absolute atomic E-state index is 0.119. The van der Waals surface area contributed by atoms with E-state index in [1.165, 1.54) is 28.7 Å². The Labute approximate surface area is 213 Å². The first-order valence-electron chi connectivity index (χ1n) is 9.44. The predicted octanol–water partition coefficient (Wildman–Crippen LogP) is 3.94. The zero-order valence-corrected chi connectivity index (χ0v) is 21.3. The maximum atomic E-state index is 11.3. The van der Waals surface area contributed by atoms with Crippen LogP contribution >= 0.6 is 57.5 Å². The number of pyridine rings is 1. The van der Waals surface area contributed by atoms with E-state index in [1.54, 1.807) is 24.2 Å². The van der Waals surface area contributed by atoms with E-state index in [0.717, 1.165) is 16.3 Å². The van der Waals surface area contributed by atoms with Crippen molar-refractivity contribution in [3.8, 4) is 0 Å². The molecular weight excluding hydrogens is 535 g/mol. The molecular formula is C18H21Cl3N6O4S2. The second-order valence-electron chi connectivity index (χ2n) is 6.40. The molecule has 0 saturated carbocycles. The summed E-state index contributed by atoms with van der Waals surface area (Å²) in [5.41, 5.74) is 0.277. The van der Waals surface area contributed by atoms with Crippen LogP contribution < -0.4 is 10.2 Å². The second kappa shape index (κ2) is 13.9. The van der Waals surface area contributed by atoms with Gasteiger partial charge >= 0.3 is 5.69 Å². The number of nitrogens with one attached hydrogen (secondary N) is 1. The molecule has 0 aliphatic rings. The molecule has 0 atom stereocenters. The normalized spacial score (nSPS) is 10.6. The Balaban J connectivity index is 0.000000294. The number of hydrogen-bond acceptors (Lipinski definition) is 11. The van der Waals surface area contributed by atoms with Crippen molar-refractivity contribution in [2.45, 2.75) is 20.0 Å². The molecule has 0 fully saturated rings. The molecule has 0 spiro atoms. The molecule has 180 valence electrons. The van der Waals surface area contributed by atoms with Crippen LogP contribution in [0.4, 0.5) is 11.5 Å². The summed E-state index contributed by atoms with van der Waals surface area (Å²) in [7, 11) is 0. The topological polar surface area (TPSA) is 138 Å². The maximum absolute atomic E-state index is 11.3. The Morgan fingerprint density at radius 3 is 2.27 bits per heavy atom. The number of nitro groups is 1. The van der Waals surface area contributed by atoms with Gasteiger partial charge in [-0.2, -0.15) is 0 Å². The molecule has 3 rings (SSSR count). The summed E-state index contributed by atoms with van der Waals surface area (Å²) in [4.78, 5) is 26.2. The fourth-order valence-electron chi connectivity index (χ4n) is 2.64. The van der Waals surface area contributed by atoms with Crippen molar-refractivity contribution in [3.05, 3.63) is 58.0 Å². The molecule has 3 aromatic rings. The van der Waals surface area contributed by atoms with Crippen molar-refractivity contribution in [1.29, 1.82) is 0 Å². The van der Waals surface area contributed by atoms with E-state index in [9.17, 15) is 15.2 Å². The average Bonchev–Trinajstić information content (AvgIpc) is 3.35. The lowest BCUT2D eigenvalue weighted by Crippen LogP contribution is -2.27. The highest BCUT2D eigenvalue weighted by molar-refractivity contribution is 7.16. The van der Waals surface area contributed by atoms with Crippen LogP contribution in [0.25, 0.3) is 0 Å². The highest BCUT2D eigenvalue weighted by Gasteiger charge is 2.25. The molecule has 15 heteroatoms.